The smallest absolute Gasteiger partial charge is 0.261 e. The van der Waals surface area contributed by atoms with E-state index in [4.69, 9.17) is 0 Å². The predicted molar refractivity (Wildman–Crippen MR) is 81.6 cm³/mol. The molecule has 2 aromatic rings. The SMILES string of the molecule is CCCCN1C(=O)c2ccc3c4c(ccc(c24)C1=O)CC3. The summed E-state index contributed by atoms with van der Waals surface area (Å²) in [5, 5.41) is 2.05. The fraction of sp³-hybridized carbons (Fsp3) is 0.333. The van der Waals surface area contributed by atoms with Crippen molar-refractivity contribution in [2.75, 3.05) is 6.54 Å². The van der Waals surface area contributed by atoms with Crippen LogP contribution in [0.1, 0.15) is 51.6 Å². The summed E-state index contributed by atoms with van der Waals surface area (Å²) in [7, 11) is 0. The van der Waals surface area contributed by atoms with Crippen molar-refractivity contribution in [3.63, 3.8) is 0 Å². The van der Waals surface area contributed by atoms with Crippen LogP contribution in [0.25, 0.3) is 10.8 Å². The molecule has 0 bridgehead atoms. The van der Waals surface area contributed by atoms with Gasteiger partial charge in [-0.3, -0.25) is 14.5 Å². The van der Waals surface area contributed by atoms with E-state index in [0.717, 1.165) is 36.5 Å². The summed E-state index contributed by atoms with van der Waals surface area (Å²) < 4.78 is 0. The quantitative estimate of drug-likeness (QED) is 0.808. The van der Waals surface area contributed by atoms with E-state index < -0.39 is 0 Å². The molecular formula is C18H17NO2. The van der Waals surface area contributed by atoms with Gasteiger partial charge >= 0.3 is 0 Å². The number of hydrogen-bond donors (Lipinski definition) is 0. The molecule has 1 heterocycles. The molecule has 1 aliphatic carbocycles. The van der Waals surface area contributed by atoms with Crippen molar-refractivity contribution >= 4 is 22.6 Å². The van der Waals surface area contributed by atoms with Gasteiger partial charge in [-0.2, -0.15) is 0 Å². The molecule has 4 rings (SSSR count). The van der Waals surface area contributed by atoms with Crippen LogP contribution >= 0.6 is 0 Å². The predicted octanol–water partition coefficient (Wildman–Crippen LogP) is 3.33. The van der Waals surface area contributed by atoms with Gasteiger partial charge in [0.25, 0.3) is 11.8 Å². The van der Waals surface area contributed by atoms with Gasteiger partial charge in [0.2, 0.25) is 0 Å². The van der Waals surface area contributed by atoms with Crippen molar-refractivity contribution in [2.24, 2.45) is 0 Å². The van der Waals surface area contributed by atoms with Gasteiger partial charge in [0.05, 0.1) is 0 Å². The Labute approximate surface area is 123 Å². The summed E-state index contributed by atoms with van der Waals surface area (Å²) >= 11 is 0. The Balaban J connectivity index is 1.97. The van der Waals surface area contributed by atoms with Gasteiger partial charge in [-0.1, -0.05) is 25.5 Å². The normalized spacial score (nSPS) is 16.1. The van der Waals surface area contributed by atoms with Crippen LogP contribution in [-0.2, 0) is 12.8 Å². The van der Waals surface area contributed by atoms with E-state index in [1.807, 2.05) is 12.1 Å². The average molecular weight is 279 g/mol. The highest BCUT2D eigenvalue weighted by atomic mass is 16.2. The number of carbonyl (C=O) groups is 2. The third-order valence-electron chi connectivity index (χ3n) is 4.68. The van der Waals surface area contributed by atoms with E-state index in [-0.39, 0.29) is 11.8 Å². The molecule has 3 heteroatoms. The molecule has 0 unspecified atom stereocenters. The lowest BCUT2D eigenvalue weighted by atomic mass is 9.91. The van der Waals surface area contributed by atoms with Crippen molar-refractivity contribution in [2.45, 2.75) is 32.6 Å². The van der Waals surface area contributed by atoms with Crippen LogP contribution in [0.15, 0.2) is 24.3 Å². The summed E-state index contributed by atoms with van der Waals surface area (Å²) in [6.07, 6.45) is 3.85. The molecule has 106 valence electrons. The van der Waals surface area contributed by atoms with Gasteiger partial charge in [0.15, 0.2) is 0 Å². The van der Waals surface area contributed by atoms with E-state index in [0.29, 0.717) is 17.7 Å². The van der Waals surface area contributed by atoms with Gasteiger partial charge in [-0.15, -0.1) is 0 Å². The monoisotopic (exact) mass is 279 g/mol. The lowest BCUT2D eigenvalue weighted by molar-refractivity contribution is 0.0608. The van der Waals surface area contributed by atoms with Crippen molar-refractivity contribution < 1.29 is 9.59 Å². The molecule has 2 amide bonds. The minimum Gasteiger partial charge on any atom is -0.274 e. The van der Waals surface area contributed by atoms with Gasteiger partial charge in [-0.05, 0) is 47.9 Å². The second kappa shape index (κ2) is 4.42. The van der Waals surface area contributed by atoms with Gasteiger partial charge in [0, 0.05) is 23.1 Å². The number of benzene rings is 2. The van der Waals surface area contributed by atoms with Gasteiger partial charge in [-0.25, -0.2) is 0 Å². The Bertz CT molecular complexity index is 733. The number of aryl methyl sites for hydroxylation is 2. The zero-order valence-corrected chi connectivity index (χ0v) is 12.1. The zero-order valence-electron chi connectivity index (χ0n) is 12.1. The van der Waals surface area contributed by atoms with Crippen molar-refractivity contribution in [3.05, 3.63) is 46.5 Å². The first kappa shape index (κ1) is 12.6. The highest BCUT2D eigenvalue weighted by Crippen LogP contribution is 2.38. The number of carbonyl (C=O) groups excluding carboxylic acids is 2. The summed E-state index contributed by atoms with van der Waals surface area (Å²) in [6, 6.07) is 7.93. The van der Waals surface area contributed by atoms with Crippen LogP contribution in [0.2, 0.25) is 0 Å². The summed E-state index contributed by atoms with van der Waals surface area (Å²) in [5.41, 5.74) is 3.94. The molecule has 0 radical (unpaired) electrons. The van der Waals surface area contributed by atoms with E-state index in [1.54, 1.807) is 0 Å². The fourth-order valence-electron chi connectivity index (χ4n) is 3.59. The molecule has 0 N–H and O–H groups in total. The number of unbranched alkanes of at least 4 members (excludes halogenated alkanes) is 1. The lowest BCUT2D eigenvalue weighted by Gasteiger charge is -2.27. The number of imide groups is 1. The molecule has 2 aromatic carbocycles. The largest absolute Gasteiger partial charge is 0.274 e. The zero-order chi connectivity index (χ0) is 14.6. The molecule has 0 fully saturated rings. The van der Waals surface area contributed by atoms with Crippen LogP contribution in [0.5, 0.6) is 0 Å². The molecule has 0 atom stereocenters. The van der Waals surface area contributed by atoms with Crippen LogP contribution in [0.3, 0.4) is 0 Å². The minimum atomic E-state index is -0.128. The highest BCUT2D eigenvalue weighted by Gasteiger charge is 2.34. The molecule has 0 saturated carbocycles. The molecule has 0 spiro atoms. The second-order valence-corrected chi connectivity index (χ2v) is 5.91. The maximum Gasteiger partial charge on any atom is 0.261 e. The van der Waals surface area contributed by atoms with E-state index in [9.17, 15) is 9.59 Å². The molecular weight excluding hydrogens is 262 g/mol. The standard InChI is InChI=1S/C18H17NO2/c1-2-3-10-19-17(20)13-8-6-11-4-5-12-7-9-14(18(19)21)16(13)15(11)12/h6-9H,2-5,10H2,1H3. The van der Waals surface area contributed by atoms with E-state index in [2.05, 4.69) is 19.1 Å². The molecule has 0 aromatic heterocycles. The summed E-state index contributed by atoms with van der Waals surface area (Å²) in [6.45, 7) is 2.58. The Morgan fingerprint density at radius 3 is 2.00 bits per heavy atom. The maximum absolute atomic E-state index is 12.7. The van der Waals surface area contributed by atoms with Crippen molar-refractivity contribution in [1.82, 2.24) is 4.90 Å². The van der Waals surface area contributed by atoms with E-state index in [1.165, 1.54) is 16.0 Å². The number of amides is 2. The Morgan fingerprint density at radius 1 is 0.905 bits per heavy atom. The molecule has 0 saturated heterocycles. The third-order valence-corrected chi connectivity index (χ3v) is 4.68. The number of hydrogen-bond acceptors (Lipinski definition) is 2. The van der Waals surface area contributed by atoms with Crippen molar-refractivity contribution in [3.8, 4) is 0 Å². The maximum atomic E-state index is 12.7. The Kier molecular flexibility index (Phi) is 2.64. The van der Waals surface area contributed by atoms with Crippen LogP contribution in [-0.4, -0.2) is 23.3 Å². The summed E-state index contributed by atoms with van der Waals surface area (Å²) in [5.74, 6) is -0.256. The Hall–Kier alpha value is -2.16. The summed E-state index contributed by atoms with van der Waals surface area (Å²) in [4.78, 5) is 26.7. The Morgan fingerprint density at radius 2 is 1.48 bits per heavy atom. The van der Waals surface area contributed by atoms with E-state index >= 15 is 0 Å². The highest BCUT2D eigenvalue weighted by molar-refractivity contribution is 6.26. The molecule has 21 heavy (non-hydrogen) atoms. The topological polar surface area (TPSA) is 37.4 Å². The molecule has 1 aliphatic heterocycles. The molecule has 2 aliphatic rings. The second-order valence-electron chi connectivity index (χ2n) is 5.91. The number of rotatable bonds is 3. The van der Waals surface area contributed by atoms with Crippen LogP contribution in [0, 0.1) is 0 Å². The van der Waals surface area contributed by atoms with Gasteiger partial charge in [0.1, 0.15) is 0 Å². The fourth-order valence-corrected chi connectivity index (χ4v) is 3.59. The van der Waals surface area contributed by atoms with Crippen LogP contribution in [0.4, 0.5) is 0 Å². The van der Waals surface area contributed by atoms with Crippen LogP contribution < -0.4 is 0 Å². The minimum absolute atomic E-state index is 0.128. The number of nitrogens with zero attached hydrogens (tertiary/aromatic N) is 1. The first-order valence-corrected chi connectivity index (χ1v) is 7.66. The third kappa shape index (κ3) is 1.60. The average Bonchev–Trinajstić information content (AvgIpc) is 2.92. The lowest BCUT2D eigenvalue weighted by Crippen LogP contribution is -2.40. The molecule has 3 nitrogen and oxygen atoms in total. The first-order chi connectivity index (χ1) is 10.2. The van der Waals surface area contributed by atoms with Crippen molar-refractivity contribution in [1.29, 1.82) is 0 Å². The van der Waals surface area contributed by atoms with Gasteiger partial charge < -0.3 is 0 Å². The first-order valence-electron chi connectivity index (χ1n) is 7.66.